The minimum atomic E-state index is 0.361. The Morgan fingerprint density at radius 2 is 1.41 bits per heavy atom. The number of aromatic nitrogens is 3. The van der Waals surface area contributed by atoms with Gasteiger partial charge in [0.25, 0.3) is 0 Å². The van der Waals surface area contributed by atoms with Crippen LogP contribution < -0.4 is 15.4 Å². The maximum atomic E-state index is 5.30. The molecule has 2 N–H and O–H groups in total. The van der Waals surface area contributed by atoms with Crippen molar-refractivity contribution in [1.29, 1.82) is 0 Å². The van der Waals surface area contributed by atoms with Crippen LogP contribution in [0.4, 0.5) is 11.9 Å². The second-order valence-corrected chi connectivity index (χ2v) is 3.55. The van der Waals surface area contributed by atoms with Gasteiger partial charge in [-0.15, -0.1) is 0 Å². The fraction of sp³-hybridized carbons (Fsp3) is 0.727. The number of rotatable bonds is 8. The van der Waals surface area contributed by atoms with Crippen LogP contribution in [0.1, 0.15) is 33.6 Å². The van der Waals surface area contributed by atoms with Crippen molar-refractivity contribution >= 4 is 11.9 Å². The van der Waals surface area contributed by atoms with E-state index in [1.54, 1.807) is 0 Å². The van der Waals surface area contributed by atoms with Crippen molar-refractivity contribution in [1.82, 2.24) is 15.0 Å². The summed E-state index contributed by atoms with van der Waals surface area (Å²) in [6.45, 7) is 8.31. The van der Waals surface area contributed by atoms with Crippen molar-refractivity contribution in [2.24, 2.45) is 0 Å². The van der Waals surface area contributed by atoms with Crippen LogP contribution in [0, 0.1) is 0 Å². The second-order valence-electron chi connectivity index (χ2n) is 3.55. The molecule has 0 saturated heterocycles. The normalized spacial score (nSPS) is 10.1. The molecule has 6 nitrogen and oxygen atoms in total. The standard InChI is InChI=1S/C11H21N5O/c1-4-7-12-9-14-10(13-8-5-2)16-11(15-9)17-6-3/h4-8H2,1-3H3,(H2,12,13,14,15,16). The van der Waals surface area contributed by atoms with Crippen LogP contribution in [0.3, 0.4) is 0 Å². The molecule has 96 valence electrons. The molecule has 0 fully saturated rings. The van der Waals surface area contributed by atoms with Gasteiger partial charge in [-0.1, -0.05) is 13.8 Å². The summed E-state index contributed by atoms with van der Waals surface area (Å²) in [6, 6.07) is 0.361. The summed E-state index contributed by atoms with van der Waals surface area (Å²) in [5.74, 6) is 1.12. The third-order valence-corrected chi connectivity index (χ3v) is 1.95. The largest absolute Gasteiger partial charge is 0.464 e. The topological polar surface area (TPSA) is 72.0 Å². The first-order chi connectivity index (χ1) is 8.30. The highest BCUT2D eigenvalue weighted by molar-refractivity contribution is 5.35. The molecule has 0 radical (unpaired) electrons. The molecule has 0 aromatic carbocycles. The van der Waals surface area contributed by atoms with Crippen LogP contribution in [0.25, 0.3) is 0 Å². The zero-order valence-electron chi connectivity index (χ0n) is 10.8. The molecular formula is C11H21N5O. The van der Waals surface area contributed by atoms with Gasteiger partial charge in [0.2, 0.25) is 11.9 Å². The van der Waals surface area contributed by atoms with E-state index in [0.717, 1.165) is 25.9 Å². The van der Waals surface area contributed by atoms with Gasteiger partial charge in [0.15, 0.2) is 0 Å². The molecule has 0 aliphatic carbocycles. The van der Waals surface area contributed by atoms with Crippen LogP contribution >= 0.6 is 0 Å². The zero-order chi connectivity index (χ0) is 12.5. The van der Waals surface area contributed by atoms with Crippen molar-refractivity contribution < 1.29 is 4.74 Å². The summed E-state index contributed by atoms with van der Waals surface area (Å²) in [5.41, 5.74) is 0. The van der Waals surface area contributed by atoms with Gasteiger partial charge in [-0.05, 0) is 19.8 Å². The van der Waals surface area contributed by atoms with Crippen LogP contribution in [0.15, 0.2) is 0 Å². The van der Waals surface area contributed by atoms with Gasteiger partial charge in [0.05, 0.1) is 6.61 Å². The molecule has 0 spiro atoms. The lowest BCUT2D eigenvalue weighted by molar-refractivity contribution is 0.312. The highest BCUT2D eigenvalue weighted by Crippen LogP contribution is 2.11. The van der Waals surface area contributed by atoms with Gasteiger partial charge < -0.3 is 15.4 Å². The Morgan fingerprint density at radius 3 is 1.82 bits per heavy atom. The Bertz CT molecular complexity index is 305. The van der Waals surface area contributed by atoms with Gasteiger partial charge in [-0.25, -0.2) is 0 Å². The van der Waals surface area contributed by atoms with Crippen LogP contribution in [-0.4, -0.2) is 34.6 Å². The molecule has 1 rings (SSSR count). The molecule has 0 aliphatic heterocycles. The average Bonchev–Trinajstić information content (AvgIpc) is 2.34. The number of hydrogen-bond donors (Lipinski definition) is 2. The van der Waals surface area contributed by atoms with Crippen LogP contribution in [0.5, 0.6) is 6.01 Å². The number of nitrogens with zero attached hydrogens (tertiary/aromatic N) is 3. The Balaban J connectivity index is 2.76. The summed E-state index contributed by atoms with van der Waals surface area (Å²) in [4.78, 5) is 12.6. The molecule has 0 saturated carbocycles. The van der Waals surface area contributed by atoms with E-state index in [2.05, 4.69) is 39.4 Å². The Hall–Kier alpha value is -1.59. The molecule has 0 unspecified atom stereocenters. The third-order valence-electron chi connectivity index (χ3n) is 1.95. The smallest absolute Gasteiger partial charge is 0.323 e. The molecular weight excluding hydrogens is 218 g/mol. The van der Waals surface area contributed by atoms with E-state index in [0.29, 0.717) is 24.5 Å². The first-order valence-electron chi connectivity index (χ1n) is 6.16. The molecule has 1 heterocycles. The lowest BCUT2D eigenvalue weighted by Crippen LogP contribution is -2.11. The zero-order valence-corrected chi connectivity index (χ0v) is 10.8. The number of anilines is 2. The fourth-order valence-electron chi connectivity index (χ4n) is 1.18. The SMILES string of the molecule is CCCNc1nc(NCCC)nc(OCC)n1. The Labute approximate surface area is 102 Å². The fourth-order valence-corrected chi connectivity index (χ4v) is 1.18. The Morgan fingerprint density at radius 1 is 0.882 bits per heavy atom. The predicted octanol–water partition coefficient (Wildman–Crippen LogP) is 1.91. The monoisotopic (exact) mass is 239 g/mol. The summed E-state index contributed by atoms with van der Waals surface area (Å²) in [5, 5.41) is 6.26. The molecule has 1 aromatic heterocycles. The van der Waals surface area contributed by atoms with Crippen LogP contribution in [0.2, 0.25) is 0 Å². The van der Waals surface area contributed by atoms with E-state index < -0.39 is 0 Å². The molecule has 17 heavy (non-hydrogen) atoms. The van der Waals surface area contributed by atoms with E-state index in [4.69, 9.17) is 4.74 Å². The maximum Gasteiger partial charge on any atom is 0.323 e. The summed E-state index contributed by atoms with van der Waals surface area (Å²) in [6.07, 6.45) is 2.04. The first kappa shape index (κ1) is 13.5. The van der Waals surface area contributed by atoms with Crippen molar-refractivity contribution in [2.75, 3.05) is 30.3 Å². The maximum absolute atomic E-state index is 5.30. The molecule has 1 aromatic rings. The van der Waals surface area contributed by atoms with E-state index in [1.165, 1.54) is 0 Å². The van der Waals surface area contributed by atoms with E-state index in [9.17, 15) is 0 Å². The van der Waals surface area contributed by atoms with Gasteiger partial charge in [0, 0.05) is 13.1 Å². The third kappa shape index (κ3) is 4.84. The highest BCUT2D eigenvalue weighted by Gasteiger charge is 2.06. The van der Waals surface area contributed by atoms with Gasteiger partial charge in [-0.2, -0.15) is 15.0 Å². The first-order valence-corrected chi connectivity index (χ1v) is 6.16. The summed E-state index contributed by atoms with van der Waals surface area (Å²) < 4.78 is 5.30. The van der Waals surface area contributed by atoms with Gasteiger partial charge >= 0.3 is 6.01 Å². The summed E-state index contributed by atoms with van der Waals surface area (Å²) in [7, 11) is 0. The van der Waals surface area contributed by atoms with Crippen molar-refractivity contribution in [3.63, 3.8) is 0 Å². The molecule has 0 amide bonds. The lowest BCUT2D eigenvalue weighted by Gasteiger charge is -2.09. The number of hydrogen-bond acceptors (Lipinski definition) is 6. The molecule has 0 atom stereocenters. The predicted molar refractivity (Wildman–Crippen MR) is 68.6 cm³/mol. The number of nitrogens with one attached hydrogen (secondary N) is 2. The second kappa shape index (κ2) is 7.65. The average molecular weight is 239 g/mol. The quantitative estimate of drug-likeness (QED) is 0.722. The van der Waals surface area contributed by atoms with Crippen molar-refractivity contribution in [2.45, 2.75) is 33.6 Å². The molecule has 0 aliphatic rings. The molecule has 0 bridgehead atoms. The summed E-state index contributed by atoms with van der Waals surface area (Å²) >= 11 is 0. The van der Waals surface area contributed by atoms with Crippen LogP contribution in [-0.2, 0) is 0 Å². The Kier molecular flexibility index (Phi) is 6.06. The van der Waals surface area contributed by atoms with Crippen molar-refractivity contribution in [3.8, 4) is 6.01 Å². The molecule has 6 heteroatoms. The van der Waals surface area contributed by atoms with E-state index in [1.807, 2.05) is 6.92 Å². The van der Waals surface area contributed by atoms with Gasteiger partial charge in [-0.3, -0.25) is 0 Å². The lowest BCUT2D eigenvalue weighted by atomic mass is 10.5. The minimum absolute atomic E-state index is 0.361. The highest BCUT2D eigenvalue weighted by atomic mass is 16.5. The van der Waals surface area contributed by atoms with Crippen molar-refractivity contribution in [3.05, 3.63) is 0 Å². The minimum Gasteiger partial charge on any atom is -0.464 e. The van der Waals surface area contributed by atoms with E-state index in [-0.39, 0.29) is 0 Å². The number of ether oxygens (including phenoxy) is 1. The van der Waals surface area contributed by atoms with Gasteiger partial charge in [0.1, 0.15) is 0 Å². The van der Waals surface area contributed by atoms with E-state index >= 15 is 0 Å².